The zero-order valence-corrected chi connectivity index (χ0v) is 13.6. The van der Waals surface area contributed by atoms with E-state index in [-0.39, 0.29) is 5.41 Å². The minimum atomic E-state index is 0.277. The SMILES string of the molecule is CC(C)(CCc1cc2c(cc1Cl)OCCO2)CNC1CC1. The van der Waals surface area contributed by atoms with Crippen LogP contribution in [-0.4, -0.2) is 25.8 Å². The lowest BCUT2D eigenvalue weighted by Crippen LogP contribution is -2.31. The third-order valence-electron chi connectivity index (χ3n) is 4.23. The Morgan fingerprint density at radius 2 is 1.86 bits per heavy atom. The molecule has 0 atom stereocenters. The van der Waals surface area contributed by atoms with E-state index >= 15 is 0 Å². The van der Waals surface area contributed by atoms with E-state index in [9.17, 15) is 0 Å². The van der Waals surface area contributed by atoms with Crippen molar-refractivity contribution in [1.29, 1.82) is 0 Å². The van der Waals surface area contributed by atoms with Gasteiger partial charge in [0.1, 0.15) is 13.2 Å². The van der Waals surface area contributed by atoms with Crippen molar-refractivity contribution in [2.45, 2.75) is 45.6 Å². The molecular weight excluding hydrogens is 286 g/mol. The lowest BCUT2D eigenvalue weighted by Gasteiger charge is -2.26. The molecule has 1 aliphatic heterocycles. The molecule has 0 saturated heterocycles. The van der Waals surface area contributed by atoms with E-state index in [1.165, 1.54) is 12.8 Å². The fraction of sp³-hybridized carbons (Fsp3) is 0.647. The molecule has 1 heterocycles. The highest BCUT2D eigenvalue weighted by Gasteiger charge is 2.25. The molecule has 21 heavy (non-hydrogen) atoms. The first kappa shape index (κ1) is 15.0. The number of hydrogen-bond acceptors (Lipinski definition) is 3. The second-order valence-corrected chi connectivity index (χ2v) is 7.31. The fourth-order valence-electron chi connectivity index (χ4n) is 2.57. The zero-order valence-electron chi connectivity index (χ0n) is 12.9. The molecule has 0 bridgehead atoms. The summed E-state index contributed by atoms with van der Waals surface area (Å²) in [5, 5.41) is 4.40. The normalized spacial score (nSPS) is 17.9. The molecule has 4 heteroatoms. The average Bonchev–Trinajstić information content (AvgIpc) is 3.27. The third-order valence-corrected chi connectivity index (χ3v) is 4.58. The monoisotopic (exact) mass is 309 g/mol. The number of rotatable bonds is 6. The van der Waals surface area contributed by atoms with Gasteiger partial charge in [-0.2, -0.15) is 0 Å². The Balaban J connectivity index is 1.61. The lowest BCUT2D eigenvalue weighted by atomic mass is 9.86. The Hall–Kier alpha value is -0.930. The van der Waals surface area contributed by atoms with Crippen molar-refractivity contribution < 1.29 is 9.47 Å². The van der Waals surface area contributed by atoms with Crippen LogP contribution in [0.2, 0.25) is 5.02 Å². The summed E-state index contributed by atoms with van der Waals surface area (Å²) in [6.07, 6.45) is 4.75. The number of nitrogens with one attached hydrogen (secondary N) is 1. The predicted molar refractivity (Wildman–Crippen MR) is 85.6 cm³/mol. The van der Waals surface area contributed by atoms with Gasteiger partial charge in [-0.05, 0) is 42.7 Å². The van der Waals surface area contributed by atoms with E-state index in [0.717, 1.165) is 47.5 Å². The van der Waals surface area contributed by atoms with Crippen molar-refractivity contribution in [1.82, 2.24) is 5.32 Å². The summed E-state index contributed by atoms with van der Waals surface area (Å²) < 4.78 is 11.2. The van der Waals surface area contributed by atoms with E-state index in [1.54, 1.807) is 0 Å². The van der Waals surface area contributed by atoms with Gasteiger partial charge < -0.3 is 14.8 Å². The van der Waals surface area contributed by atoms with E-state index < -0.39 is 0 Å². The Kier molecular flexibility index (Phi) is 4.32. The van der Waals surface area contributed by atoms with Crippen LogP contribution in [0.5, 0.6) is 11.5 Å². The standard InChI is InChI=1S/C17H24ClNO2/c1-17(2,11-19-13-3-4-13)6-5-12-9-15-16(10-14(12)18)21-8-7-20-15/h9-10,13,19H,3-8,11H2,1-2H3. The molecule has 1 aliphatic carbocycles. The Bertz CT molecular complexity index is 512. The van der Waals surface area contributed by atoms with Crippen LogP contribution in [0, 0.1) is 5.41 Å². The summed E-state index contributed by atoms with van der Waals surface area (Å²) in [4.78, 5) is 0. The summed E-state index contributed by atoms with van der Waals surface area (Å²) in [7, 11) is 0. The maximum atomic E-state index is 6.38. The molecule has 1 N–H and O–H groups in total. The van der Waals surface area contributed by atoms with Crippen LogP contribution in [0.25, 0.3) is 0 Å². The van der Waals surface area contributed by atoms with Crippen LogP contribution in [0.15, 0.2) is 12.1 Å². The van der Waals surface area contributed by atoms with Crippen molar-refractivity contribution in [3.8, 4) is 11.5 Å². The van der Waals surface area contributed by atoms with E-state index in [4.69, 9.17) is 21.1 Å². The summed E-state index contributed by atoms with van der Waals surface area (Å²) in [5.41, 5.74) is 1.43. The second-order valence-electron chi connectivity index (χ2n) is 6.91. The topological polar surface area (TPSA) is 30.5 Å². The van der Waals surface area contributed by atoms with Crippen molar-refractivity contribution in [2.24, 2.45) is 5.41 Å². The molecule has 0 aromatic heterocycles. The van der Waals surface area contributed by atoms with E-state index in [0.29, 0.717) is 13.2 Å². The zero-order chi connectivity index (χ0) is 14.9. The molecule has 0 radical (unpaired) electrons. The van der Waals surface area contributed by atoms with Crippen LogP contribution >= 0.6 is 11.6 Å². The third kappa shape index (κ3) is 4.04. The number of aryl methyl sites for hydroxylation is 1. The number of hydrogen-bond donors (Lipinski definition) is 1. The maximum absolute atomic E-state index is 6.38. The molecule has 3 rings (SSSR count). The maximum Gasteiger partial charge on any atom is 0.162 e. The van der Waals surface area contributed by atoms with Gasteiger partial charge in [0.25, 0.3) is 0 Å². The van der Waals surface area contributed by atoms with Crippen molar-refractivity contribution in [3.05, 3.63) is 22.7 Å². The summed E-state index contributed by atoms with van der Waals surface area (Å²) in [6, 6.07) is 4.70. The highest BCUT2D eigenvalue weighted by atomic mass is 35.5. The van der Waals surface area contributed by atoms with Crippen molar-refractivity contribution in [2.75, 3.05) is 19.8 Å². The smallest absolute Gasteiger partial charge is 0.162 e. The molecule has 116 valence electrons. The molecule has 0 amide bonds. The minimum Gasteiger partial charge on any atom is -0.486 e. The molecule has 1 fully saturated rings. The second kappa shape index (κ2) is 6.05. The highest BCUT2D eigenvalue weighted by molar-refractivity contribution is 6.31. The first-order chi connectivity index (χ1) is 10.0. The lowest BCUT2D eigenvalue weighted by molar-refractivity contribution is 0.171. The quantitative estimate of drug-likeness (QED) is 0.866. The molecule has 3 nitrogen and oxygen atoms in total. The van der Waals surface area contributed by atoms with Gasteiger partial charge in [-0.3, -0.25) is 0 Å². The molecule has 1 saturated carbocycles. The van der Waals surface area contributed by atoms with Crippen LogP contribution < -0.4 is 14.8 Å². The van der Waals surface area contributed by atoms with E-state index in [1.807, 2.05) is 12.1 Å². The van der Waals surface area contributed by atoms with E-state index in [2.05, 4.69) is 19.2 Å². The van der Waals surface area contributed by atoms with Crippen LogP contribution in [-0.2, 0) is 6.42 Å². The van der Waals surface area contributed by atoms with Gasteiger partial charge >= 0.3 is 0 Å². The first-order valence-corrected chi connectivity index (χ1v) is 8.23. The highest BCUT2D eigenvalue weighted by Crippen LogP contribution is 2.37. The van der Waals surface area contributed by atoms with Gasteiger partial charge in [0.2, 0.25) is 0 Å². The molecule has 0 spiro atoms. The van der Waals surface area contributed by atoms with Gasteiger partial charge in [0.05, 0.1) is 0 Å². The molecule has 2 aliphatic rings. The molecule has 1 aromatic rings. The molecular formula is C17H24ClNO2. The number of fused-ring (bicyclic) bond motifs is 1. The average molecular weight is 310 g/mol. The molecule has 0 unspecified atom stereocenters. The van der Waals surface area contributed by atoms with Gasteiger partial charge in [-0.15, -0.1) is 0 Å². The van der Waals surface area contributed by atoms with Crippen molar-refractivity contribution in [3.63, 3.8) is 0 Å². The van der Waals surface area contributed by atoms with Gasteiger partial charge in [-0.1, -0.05) is 25.4 Å². The number of ether oxygens (including phenoxy) is 2. The van der Waals surface area contributed by atoms with Crippen LogP contribution in [0.1, 0.15) is 38.7 Å². The predicted octanol–water partition coefficient (Wildman–Crippen LogP) is 3.82. The summed E-state index contributed by atoms with van der Waals surface area (Å²) in [6.45, 7) is 6.91. The number of halogens is 1. The summed E-state index contributed by atoms with van der Waals surface area (Å²) >= 11 is 6.38. The fourth-order valence-corrected chi connectivity index (χ4v) is 2.82. The Morgan fingerprint density at radius 1 is 1.19 bits per heavy atom. The van der Waals surface area contributed by atoms with Gasteiger partial charge in [0, 0.05) is 23.7 Å². The summed E-state index contributed by atoms with van der Waals surface area (Å²) in [5.74, 6) is 1.60. The van der Waals surface area contributed by atoms with Gasteiger partial charge in [0.15, 0.2) is 11.5 Å². The first-order valence-electron chi connectivity index (χ1n) is 7.85. The van der Waals surface area contributed by atoms with Crippen LogP contribution in [0.4, 0.5) is 0 Å². The Labute approximate surface area is 132 Å². The number of benzene rings is 1. The minimum absolute atomic E-state index is 0.277. The largest absolute Gasteiger partial charge is 0.486 e. The van der Waals surface area contributed by atoms with Gasteiger partial charge in [-0.25, -0.2) is 0 Å². The Morgan fingerprint density at radius 3 is 2.52 bits per heavy atom. The van der Waals surface area contributed by atoms with Crippen LogP contribution in [0.3, 0.4) is 0 Å². The van der Waals surface area contributed by atoms with Crippen molar-refractivity contribution >= 4 is 11.6 Å². The molecule has 1 aromatic carbocycles.